The molecule has 0 radical (unpaired) electrons. The first-order chi connectivity index (χ1) is 49.2. The Labute approximate surface area is 586 Å². The van der Waals surface area contributed by atoms with Crippen molar-refractivity contribution in [3.05, 3.63) is 387 Å². The van der Waals surface area contributed by atoms with Gasteiger partial charge in [-0.2, -0.15) is 0 Å². The summed E-state index contributed by atoms with van der Waals surface area (Å²) in [5.74, 6) is 3.05. The van der Waals surface area contributed by atoms with Gasteiger partial charge in [0.25, 0.3) is 0 Å². The molecule has 0 aliphatic carbocycles. The van der Waals surface area contributed by atoms with Crippen molar-refractivity contribution < 1.29 is 0 Å². The second-order valence-electron chi connectivity index (χ2n) is 24.1. The second-order valence-corrected chi connectivity index (χ2v) is 24.1. The molecule has 16 rings (SSSR count). The maximum Gasteiger partial charge on any atom is 0.160 e. The molecule has 0 N–H and O–H groups in total. The lowest BCUT2D eigenvalue weighted by molar-refractivity contribution is 1.11. The topological polar surface area (TPSA) is 103 Å². The minimum Gasteiger partial charge on any atom is -0.233 e. The summed E-state index contributed by atoms with van der Waals surface area (Å²) >= 11 is 0. The van der Waals surface area contributed by atoms with Crippen LogP contribution in [0.3, 0.4) is 0 Å². The summed E-state index contributed by atoms with van der Waals surface area (Å²) in [6.45, 7) is 8.04. The van der Waals surface area contributed by atoms with E-state index >= 15 is 0 Å². The molecular weight excluding hydrogens is 1220 g/mol. The highest BCUT2D eigenvalue weighted by molar-refractivity contribution is 5.76. The molecule has 4 aromatic heterocycles. The van der Waals surface area contributed by atoms with E-state index in [9.17, 15) is 0 Å². The Morgan fingerprint density at radius 1 is 0.130 bits per heavy atom. The third-order valence-corrected chi connectivity index (χ3v) is 16.7. The largest absolute Gasteiger partial charge is 0.233 e. The number of nitrogens with zero attached hydrogens (tertiary/aromatic N) is 8. The van der Waals surface area contributed by atoms with Gasteiger partial charge < -0.3 is 0 Å². The predicted octanol–water partition coefficient (Wildman–Crippen LogP) is 23.1. The maximum absolute atomic E-state index is 4.80. The summed E-state index contributed by atoms with van der Waals surface area (Å²) in [6, 6.07) is 124. The molecule has 480 valence electrons. The van der Waals surface area contributed by atoms with Crippen LogP contribution >= 0.6 is 0 Å². The van der Waals surface area contributed by atoms with Gasteiger partial charge in [-0.05, 0) is 109 Å². The smallest absolute Gasteiger partial charge is 0.160 e. The van der Waals surface area contributed by atoms with Gasteiger partial charge in [0.2, 0.25) is 0 Å². The number of rotatable bonds is 12. The van der Waals surface area contributed by atoms with Crippen molar-refractivity contribution in [1.29, 1.82) is 0 Å². The van der Waals surface area contributed by atoms with Gasteiger partial charge in [0.1, 0.15) is 0 Å². The van der Waals surface area contributed by atoms with E-state index in [1.807, 2.05) is 173 Å². The summed E-state index contributed by atoms with van der Waals surface area (Å²) in [5, 5.41) is 0. The van der Waals surface area contributed by atoms with Gasteiger partial charge in [0.15, 0.2) is 23.3 Å². The first-order valence-corrected chi connectivity index (χ1v) is 33.5. The Balaban J connectivity index is 0.000000119. The van der Waals surface area contributed by atoms with E-state index in [1.165, 1.54) is 44.5 Å². The Morgan fingerprint density at radius 3 is 0.630 bits per heavy atom. The van der Waals surface area contributed by atoms with Crippen LogP contribution in [0, 0.1) is 27.7 Å². The lowest BCUT2D eigenvalue weighted by Crippen LogP contribution is -1.95. The average Bonchev–Trinajstić information content (AvgIpc) is 0.848. The van der Waals surface area contributed by atoms with Crippen molar-refractivity contribution in [2.24, 2.45) is 0 Å². The van der Waals surface area contributed by atoms with Crippen molar-refractivity contribution in [2.75, 3.05) is 0 Å². The maximum atomic E-state index is 4.80. The van der Waals surface area contributed by atoms with Gasteiger partial charge in [0, 0.05) is 67.3 Å². The molecular formula is C92H72N8. The normalized spacial score (nSPS) is 10.6. The Bertz CT molecular complexity index is 4940. The van der Waals surface area contributed by atoms with E-state index in [2.05, 4.69) is 238 Å². The monoisotopic (exact) mass is 1290 g/mol. The molecule has 0 fully saturated rings. The van der Waals surface area contributed by atoms with E-state index in [0.29, 0.717) is 0 Å². The number of aromatic nitrogens is 8. The van der Waals surface area contributed by atoms with Crippen LogP contribution in [0.2, 0.25) is 0 Å². The fraction of sp³-hybridized carbons (Fsp3) is 0.0435. The quantitative estimate of drug-likeness (QED) is 0.119. The van der Waals surface area contributed by atoms with Crippen LogP contribution < -0.4 is 0 Å². The first-order valence-electron chi connectivity index (χ1n) is 33.5. The summed E-state index contributed by atoms with van der Waals surface area (Å²) < 4.78 is 0. The molecule has 0 saturated heterocycles. The van der Waals surface area contributed by atoms with E-state index < -0.39 is 0 Å². The molecule has 0 atom stereocenters. The molecule has 8 heteroatoms. The van der Waals surface area contributed by atoms with Gasteiger partial charge in [-0.15, -0.1) is 0 Å². The van der Waals surface area contributed by atoms with E-state index in [4.69, 9.17) is 19.9 Å². The SMILES string of the molecule is Cc1cc(-c2ccc(-c3ccccc3)cc2)nc(-c2ccccc2)n1.Cc1cc(-c2cccc(-c3ccccc3)c2)nc(-c2ccccc2)n1.Cc1cc(-c2ccccc2)nc(-c2ccc(-c3ccccc3)cc2)n1.Cc1cc(-c2ccccc2)nc(-c2cccc(-c3ccccc3)c2)n1. The number of aryl methyl sites for hydroxylation is 4. The molecule has 0 spiro atoms. The lowest BCUT2D eigenvalue weighted by atomic mass is 10.0. The van der Waals surface area contributed by atoms with Crippen molar-refractivity contribution in [3.8, 4) is 135 Å². The van der Waals surface area contributed by atoms with Gasteiger partial charge in [-0.3, -0.25) is 0 Å². The van der Waals surface area contributed by atoms with Gasteiger partial charge >= 0.3 is 0 Å². The summed E-state index contributed by atoms with van der Waals surface area (Å²) in [5.41, 5.74) is 25.8. The minimum absolute atomic E-state index is 0.761. The summed E-state index contributed by atoms with van der Waals surface area (Å²) in [4.78, 5) is 37.6. The third-order valence-electron chi connectivity index (χ3n) is 16.7. The first kappa shape index (κ1) is 65.6. The van der Waals surface area contributed by atoms with Crippen LogP contribution in [0.4, 0.5) is 0 Å². The third kappa shape index (κ3) is 17.1. The van der Waals surface area contributed by atoms with Gasteiger partial charge in [0.05, 0.1) is 22.8 Å². The van der Waals surface area contributed by atoms with Gasteiger partial charge in [-0.1, -0.05) is 328 Å². The Morgan fingerprint density at radius 2 is 0.310 bits per heavy atom. The zero-order chi connectivity index (χ0) is 68.2. The lowest BCUT2D eigenvalue weighted by Gasteiger charge is -2.08. The number of hydrogen-bond acceptors (Lipinski definition) is 8. The predicted molar refractivity (Wildman–Crippen MR) is 412 cm³/mol. The van der Waals surface area contributed by atoms with Crippen LogP contribution in [0.5, 0.6) is 0 Å². The molecule has 16 aromatic rings. The van der Waals surface area contributed by atoms with Crippen LogP contribution in [0.15, 0.2) is 364 Å². The zero-order valence-corrected chi connectivity index (χ0v) is 56.2. The van der Waals surface area contributed by atoms with E-state index in [1.54, 1.807) is 0 Å². The van der Waals surface area contributed by atoms with Crippen molar-refractivity contribution in [1.82, 2.24) is 39.9 Å². The van der Waals surface area contributed by atoms with Crippen molar-refractivity contribution in [2.45, 2.75) is 27.7 Å². The standard InChI is InChI=1S/4C23H18N2/c1-17-15-22(25-23(24-17)19-11-6-3-7-12-19)21-14-8-13-20(16-21)18-9-4-2-5-10-18;1-17-15-22(19-11-6-3-7-12-19)25-23(24-17)21-14-8-13-20(16-21)18-9-4-2-5-10-18;1-17-16-22(25-23(24-17)21-10-6-3-7-11-21)20-14-12-19(13-15-20)18-8-4-2-5-9-18;1-17-16-22(20-10-6-3-7-11-20)25-23(24-17)21-14-12-19(13-15-21)18-8-4-2-5-9-18/h4*2-16H,1H3. The molecule has 0 unspecified atom stereocenters. The number of hydrogen-bond donors (Lipinski definition) is 0. The highest BCUT2D eigenvalue weighted by Crippen LogP contribution is 2.32. The Kier molecular flexibility index (Phi) is 21.1. The molecule has 4 heterocycles. The zero-order valence-electron chi connectivity index (χ0n) is 56.2. The molecule has 0 saturated carbocycles. The molecule has 0 aliphatic heterocycles. The van der Waals surface area contributed by atoms with Crippen molar-refractivity contribution >= 4 is 0 Å². The van der Waals surface area contributed by atoms with Crippen LogP contribution in [0.25, 0.3) is 135 Å². The van der Waals surface area contributed by atoms with E-state index in [-0.39, 0.29) is 0 Å². The summed E-state index contributed by atoms with van der Waals surface area (Å²) in [7, 11) is 0. The highest BCUT2D eigenvalue weighted by atomic mass is 14.9. The highest BCUT2D eigenvalue weighted by Gasteiger charge is 2.13. The second kappa shape index (κ2) is 32.1. The van der Waals surface area contributed by atoms with Crippen LogP contribution in [0.1, 0.15) is 22.8 Å². The molecule has 12 aromatic carbocycles. The fourth-order valence-electron chi connectivity index (χ4n) is 11.6. The molecule has 8 nitrogen and oxygen atoms in total. The minimum atomic E-state index is 0.761. The van der Waals surface area contributed by atoms with Crippen molar-refractivity contribution in [3.63, 3.8) is 0 Å². The molecule has 0 bridgehead atoms. The van der Waals surface area contributed by atoms with E-state index in [0.717, 1.165) is 113 Å². The van der Waals surface area contributed by atoms with Gasteiger partial charge in [-0.25, -0.2) is 39.9 Å². The van der Waals surface area contributed by atoms with Crippen LogP contribution in [-0.2, 0) is 0 Å². The number of benzene rings is 12. The van der Waals surface area contributed by atoms with Crippen LogP contribution in [-0.4, -0.2) is 39.9 Å². The Hall–Kier alpha value is -13.0. The average molecular weight is 1290 g/mol. The molecule has 0 aliphatic rings. The fourth-order valence-corrected chi connectivity index (χ4v) is 11.6. The summed E-state index contributed by atoms with van der Waals surface area (Å²) in [6.07, 6.45) is 0. The molecule has 0 amide bonds. The molecule has 100 heavy (non-hydrogen) atoms.